The highest BCUT2D eigenvalue weighted by atomic mass is 35.5. The van der Waals surface area contributed by atoms with E-state index in [1.807, 2.05) is 13.8 Å². The number of anilines is 1. The number of nitrogens with zero attached hydrogens (tertiary/aromatic N) is 2. The molecule has 2 N–H and O–H groups in total. The fourth-order valence-electron chi connectivity index (χ4n) is 1.35. The Balaban J connectivity index is 2.09. The summed E-state index contributed by atoms with van der Waals surface area (Å²) in [7, 11) is 0. The number of nitrogens with one attached hydrogen (secondary N) is 2. The summed E-state index contributed by atoms with van der Waals surface area (Å²) in [5.74, 6) is 0.681. The van der Waals surface area contributed by atoms with Gasteiger partial charge in [-0.25, -0.2) is 4.98 Å². The smallest absolute Gasteiger partial charge is 0.295 e. The van der Waals surface area contributed by atoms with Crippen molar-refractivity contribution in [1.29, 1.82) is 0 Å². The van der Waals surface area contributed by atoms with E-state index in [2.05, 4.69) is 20.5 Å². The molecular weight excluding hydrogens is 252 g/mol. The molecule has 1 aromatic carbocycles. The average molecular weight is 265 g/mol. The van der Waals surface area contributed by atoms with E-state index in [0.29, 0.717) is 16.5 Å². The Hall–Kier alpha value is -1.88. The van der Waals surface area contributed by atoms with Crippen molar-refractivity contribution in [3.63, 3.8) is 0 Å². The standard InChI is InChI=1S/C12H13ClN4O/c1-7(2)10-15-11(17-16-10)12(18)14-9-5-3-8(13)4-6-9/h3-7H,1-2H3,(H,14,18)(H,15,16,17). The van der Waals surface area contributed by atoms with Gasteiger partial charge in [0.15, 0.2) is 0 Å². The average Bonchev–Trinajstić information content (AvgIpc) is 2.81. The summed E-state index contributed by atoms with van der Waals surface area (Å²) in [5.41, 5.74) is 0.653. The number of carbonyl (C=O) groups is 1. The first-order valence-corrected chi connectivity index (χ1v) is 5.93. The molecule has 0 aliphatic rings. The van der Waals surface area contributed by atoms with Gasteiger partial charge in [0, 0.05) is 16.6 Å². The second-order valence-electron chi connectivity index (χ2n) is 4.16. The first kappa shape index (κ1) is 12.6. The topological polar surface area (TPSA) is 70.7 Å². The Labute approximate surface area is 110 Å². The maximum absolute atomic E-state index is 11.8. The van der Waals surface area contributed by atoms with Crippen LogP contribution in [0, 0.1) is 0 Å². The van der Waals surface area contributed by atoms with Gasteiger partial charge in [-0.2, -0.15) is 0 Å². The van der Waals surface area contributed by atoms with Crippen molar-refractivity contribution in [2.24, 2.45) is 0 Å². The highest BCUT2D eigenvalue weighted by molar-refractivity contribution is 6.30. The van der Waals surface area contributed by atoms with Crippen LogP contribution < -0.4 is 5.32 Å². The molecule has 0 saturated heterocycles. The Bertz CT molecular complexity index is 547. The van der Waals surface area contributed by atoms with Crippen LogP contribution in [0.15, 0.2) is 24.3 Å². The quantitative estimate of drug-likeness (QED) is 0.895. The summed E-state index contributed by atoms with van der Waals surface area (Å²) in [6, 6.07) is 6.84. The molecule has 0 radical (unpaired) electrons. The third kappa shape index (κ3) is 2.87. The number of amides is 1. The van der Waals surface area contributed by atoms with Crippen LogP contribution in [-0.4, -0.2) is 21.1 Å². The summed E-state index contributed by atoms with van der Waals surface area (Å²) < 4.78 is 0. The van der Waals surface area contributed by atoms with Gasteiger partial charge in [0.05, 0.1) is 0 Å². The van der Waals surface area contributed by atoms with Gasteiger partial charge in [0.2, 0.25) is 5.82 Å². The zero-order chi connectivity index (χ0) is 13.1. The van der Waals surface area contributed by atoms with Gasteiger partial charge in [0.25, 0.3) is 5.91 Å². The minimum atomic E-state index is -0.347. The Morgan fingerprint density at radius 2 is 2.00 bits per heavy atom. The van der Waals surface area contributed by atoms with E-state index in [-0.39, 0.29) is 17.6 Å². The number of hydrogen-bond acceptors (Lipinski definition) is 3. The van der Waals surface area contributed by atoms with E-state index in [1.54, 1.807) is 24.3 Å². The maximum atomic E-state index is 11.8. The lowest BCUT2D eigenvalue weighted by Gasteiger charge is -2.01. The van der Waals surface area contributed by atoms with E-state index >= 15 is 0 Å². The minimum absolute atomic E-state index is 0.133. The maximum Gasteiger partial charge on any atom is 0.295 e. The number of benzene rings is 1. The van der Waals surface area contributed by atoms with E-state index in [0.717, 1.165) is 0 Å². The summed E-state index contributed by atoms with van der Waals surface area (Å²) in [5, 5.41) is 9.93. The molecule has 0 aliphatic heterocycles. The van der Waals surface area contributed by atoms with Crippen LogP contribution in [0.4, 0.5) is 5.69 Å². The van der Waals surface area contributed by atoms with Gasteiger partial charge in [0.1, 0.15) is 5.82 Å². The van der Waals surface area contributed by atoms with Crippen LogP contribution in [-0.2, 0) is 0 Å². The molecule has 18 heavy (non-hydrogen) atoms. The van der Waals surface area contributed by atoms with Gasteiger partial charge < -0.3 is 5.32 Å². The van der Waals surface area contributed by atoms with Gasteiger partial charge in [-0.15, -0.1) is 5.10 Å². The number of hydrogen-bond donors (Lipinski definition) is 2. The molecule has 0 atom stereocenters. The van der Waals surface area contributed by atoms with Crippen LogP contribution in [0.2, 0.25) is 5.02 Å². The van der Waals surface area contributed by atoms with Gasteiger partial charge >= 0.3 is 0 Å². The fraction of sp³-hybridized carbons (Fsp3) is 0.250. The van der Waals surface area contributed by atoms with Gasteiger partial charge in [-0.05, 0) is 24.3 Å². The van der Waals surface area contributed by atoms with Crippen LogP contribution in [0.1, 0.15) is 36.2 Å². The number of carbonyl (C=O) groups excluding carboxylic acids is 1. The third-order valence-electron chi connectivity index (χ3n) is 2.35. The van der Waals surface area contributed by atoms with Crippen molar-refractivity contribution >= 4 is 23.2 Å². The van der Waals surface area contributed by atoms with Crippen LogP contribution >= 0.6 is 11.6 Å². The SMILES string of the molecule is CC(C)c1nc(C(=O)Nc2ccc(Cl)cc2)n[nH]1. The summed E-state index contributed by atoms with van der Waals surface area (Å²) in [4.78, 5) is 16.0. The van der Waals surface area contributed by atoms with Crippen molar-refractivity contribution in [3.05, 3.63) is 40.9 Å². The summed E-state index contributed by atoms with van der Waals surface area (Å²) in [6.07, 6.45) is 0. The summed E-state index contributed by atoms with van der Waals surface area (Å²) >= 11 is 5.76. The van der Waals surface area contributed by atoms with Gasteiger partial charge in [-0.3, -0.25) is 9.89 Å². The molecule has 0 spiro atoms. The lowest BCUT2D eigenvalue weighted by atomic mass is 10.2. The van der Waals surface area contributed by atoms with Crippen LogP contribution in [0.5, 0.6) is 0 Å². The van der Waals surface area contributed by atoms with E-state index < -0.39 is 0 Å². The summed E-state index contributed by atoms with van der Waals surface area (Å²) in [6.45, 7) is 3.95. The highest BCUT2D eigenvalue weighted by Crippen LogP contribution is 2.14. The predicted molar refractivity (Wildman–Crippen MR) is 69.9 cm³/mol. The number of H-pyrrole nitrogens is 1. The second kappa shape index (κ2) is 5.18. The van der Waals surface area contributed by atoms with Crippen molar-refractivity contribution in [2.45, 2.75) is 19.8 Å². The molecule has 0 bridgehead atoms. The van der Waals surface area contributed by atoms with E-state index in [4.69, 9.17) is 11.6 Å². The molecule has 0 unspecified atom stereocenters. The Kier molecular flexibility index (Phi) is 3.62. The normalized spacial score (nSPS) is 10.7. The third-order valence-corrected chi connectivity index (χ3v) is 2.61. The molecule has 2 rings (SSSR count). The number of halogens is 1. The first-order chi connectivity index (χ1) is 8.56. The molecule has 5 nitrogen and oxygen atoms in total. The van der Waals surface area contributed by atoms with Crippen molar-refractivity contribution in [3.8, 4) is 0 Å². The Morgan fingerprint density at radius 1 is 1.33 bits per heavy atom. The van der Waals surface area contributed by atoms with Gasteiger partial charge in [-0.1, -0.05) is 25.4 Å². The predicted octanol–water partition coefficient (Wildman–Crippen LogP) is 2.83. The number of aromatic amines is 1. The first-order valence-electron chi connectivity index (χ1n) is 5.55. The van der Waals surface area contributed by atoms with Crippen molar-refractivity contribution in [2.75, 3.05) is 5.32 Å². The molecule has 0 saturated carbocycles. The molecular formula is C12H13ClN4O. The van der Waals surface area contributed by atoms with Crippen LogP contribution in [0.25, 0.3) is 0 Å². The van der Waals surface area contributed by atoms with E-state index in [9.17, 15) is 4.79 Å². The monoisotopic (exact) mass is 264 g/mol. The highest BCUT2D eigenvalue weighted by Gasteiger charge is 2.13. The number of rotatable bonds is 3. The zero-order valence-corrected chi connectivity index (χ0v) is 10.8. The zero-order valence-electron chi connectivity index (χ0n) is 10.1. The molecule has 6 heteroatoms. The lowest BCUT2D eigenvalue weighted by Crippen LogP contribution is -2.13. The molecule has 94 valence electrons. The van der Waals surface area contributed by atoms with Crippen LogP contribution in [0.3, 0.4) is 0 Å². The molecule has 0 fully saturated rings. The second-order valence-corrected chi connectivity index (χ2v) is 4.60. The van der Waals surface area contributed by atoms with Crippen molar-refractivity contribution < 1.29 is 4.79 Å². The lowest BCUT2D eigenvalue weighted by molar-refractivity contribution is 0.101. The largest absolute Gasteiger partial charge is 0.319 e. The molecule has 2 aromatic rings. The molecule has 0 aliphatic carbocycles. The van der Waals surface area contributed by atoms with E-state index in [1.165, 1.54) is 0 Å². The molecule has 1 aromatic heterocycles. The molecule has 1 amide bonds. The minimum Gasteiger partial charge on any atom is -0.319 e. The number of aromatic nitrogens is 3. The van der Waals surface area contributed by atoms with Crippen molar-refractivity contribution in [1.82, 2.24) is 15.2 Å². The molecule has 1 heterocycles. The Morgan fingerprint density at radius 3 is 2.56 bits per heavy atom. The fourth-order valence-corrected chi connectivity index (χ4v) is 1.48.